The molecule has 0 saturated heterocycles. The van der Waals surface area contributed by atoms with Crippen LogP contribution in [0.5, 0.6) is 0 Å². The van der Waals surface area contributed by atoms with Gasteiger partial charge in [-0.05, 0) is 37.3 Å². The maximum Gasteiger partial charge on any atom is 0.339 e. The van der Waals surface area contributed by atoms with E-state index in [2.05, 4.69) is 4.98 Å². The standard InChI is InChI=1S/C14H12ClFN2O2/c1-2-18(10-5-3-4-9(16)8-10)13-11(14(19)20)6-7-12(15)17-13/h3-8H,2H2,1H3,(H,19,20). The van der Waals surface area contributed by atoms with Crippen molar-refractivity contribution in [2.45, 2.75) is 6.92 Å². The number of hydrogen-bond donors (Lipinski definition) is 1. The second-order valence-electron chi connectivity index (χ2n) is 4.03. The van der Waals surface area contributed by atoms with Crippen LogP contribution in [0, 0.1) is 5.82 Å². The summed E-state index contributed by atoms with van der Waals surface area (Å²) >= 11 is 5.84. The molecule has 0 amide bonds. The molecule has 0 fully saturated rings. The molecule has 104 valence electrons. The van der Waals surface area contributed by atoms with Gasteiger partial charge in [0, 0.05) is 12.2 Å². The summed E-state index contributed by atoms with van der Waals surface area (Å²) in [6.07, 6.45) is 0. The highest BCUT2D eigenvalue weighted by Gasteiger charge is 2.19. The van der Waals surface area contributed by atoms with Crippen molar-refractivity contribution in [3.8, 4) is 0 Å². The summed E-state index contributed by atoms with van der Waals surface area (Å²) in [5.74, 6) is -1.32. The number of aromatic nitrogens is 1. The van der Waals surface area contributed by atoms with E-state index in [4.69, 9.17) is 11.6 Å². The highest BCUT2D eigenvalue weighted by atomic mass is 35.5. The third-order valence-corrected chi connectivity index (χ3v) is 2.97. The number of carboxylic acid groups (broad SMARTS) is 1. The molecule has 2 aromatic rings. The number of carboxylic acids is 1. The lowest BCUT2D eigenvalue weighted by molar-refractivity contribution is 0.0697. The predicted octanol–water partition coefficient (Wildman–Crippen LogP) is 3.73. The van der Waals surface area contributed by atoms with Crippen molar-refractivity contribution in [2.24, 2.45) is 0 Å². The number of benzene rings is 1. The maximum atomic E-state index is 13.3. The van der Waals surface area contributed by atoms with Gasteiger partial charge in [-0.15, -0.1) is 0 Å². The van der Waals surface area contributed by atoms with Crippen LogP contribution in [0.4, 0.5) is 15.9 Å². The Morgan fingerprint density at radius 3 is 2.75 bits per heavy atom. The van der Waals surface area contributed by atoms with Crippen LogP contribution < -0.4 is 4.90 Å². The van der Waals surface area contributed by atoms with E-state index >= 15 is 0 Å². The molecule has 0 radical (unpaired) electrons. The van der Waals surface area contributed by atoms with Crippen molar-refractivity contribution < 1.29 is 14.3 Å². The fourth-order valence-corrected chi connectivity index (χ4v) is 2.04. The number of anilines is 2. The molecule has 0 aliphatic rings. The molecule has 0 saturated carbocycles. The zero-order chi connectivity index (χ0) is 14.7. The van der Waals surface area contributed by atoms with Gasteiger partial charge in [0.25, 0.3) is 0 Å². The fraction of sp³-hybridized carbons (Fsp3) is 0.143. The molecular formula is C14H12ClFN2O2. The third kappa shape index (κ3) is 2.88. The molecule has 2 rings (SSSR count). The van der Waals surface area contributed by atoms with Crippen molar-refractivity contribution in [1.29, 1.82) is 0 Å². The minimum atomic E-state index is -1.11. The van der Waals surface area contributed by atoms with Gasteiger partial charge in [0.2, 0.25) is 0 Å². The Morgan fingerprint density at radius 2 is 2.15 bits per heavy atom. The summed E-state index contributed by atoms with van der Waals surface area (Å²) in [5.41, 5.74) is 0.533. The zero-order valence-corrected chi connectivity index (χ0v) is 11.4. The molecule has 0 atom stereocenters. The molecule has 0 unspecified atom stereocenters. The monoisotopic (exact) mass is 294 g/mol. The molecule has 1 N–H and O–H groups in total. The number of carbonyl (C=O) groups is 1. The van der Waals surface area contributed by atoms with E-state index in [1.54, 1.807) is 17.0 Å². The van der Waals surface area contributed by atoms with E-state index in [1.807, 2.05) is 6.92 Å². The first-order chi connectivity index (χ1) is 9.52. The predicted molar refractivity (Wildman–Crippen MR) is 75.3 cm³/mol. The van der Waals surface area contributed by atoms with Crippen LogP contribution in [0.1, 0.15) is 17.3 Å². The number of halogens is 2. The van der Waals surface area contributed by atoms with E-state index in [-0.39, 0.29) is 16.5 Å². The smallest absolute Gasteiger partial charge is 0.339 e. The van der Waals surface area contributed by atoms with Gasteiger partial charge in [-0.1, -0.05) is 17.7 Å². The van der Waals surface area contributed by atoms with Crippen LogP contribution in [0.25, 0.3) is 0 Å². The fourth-order valence-electron chi connectivity index (χ4n) is 1.90. The van der Waals surface area contributed by atoms with Gasteiger partial charge in [-0.25, -0.2) is 14.2 Å². The molecule has 0 spiro atoms. The molecule has 1 heterocycles. The summed E-state index contributed by atoms with van der Waals surface area (Å²) in [5, 5.41) is 9.40. The van der Waals surface area contributed by atoms with Crippen LogP contribution in [0.15, 0.2) is 36.4 Å². The van der Waals surface area contributed by atoms with Gasteiger partial charge < -0.3 is 10.0 Å². The summed E-state index contributed by atoms with van der Waals surface area (Å²) in [7, 11) is 0. The Kier molecular flexibility index (Phi) is 4.20. The summed E-state index contributed by atoms with van der Waals surface area (Å²) in [6.45, 7) is 2.25. The van der Waals surface area contributed by atoms with Gasteiger partial charge in [0.1, 0.15) is 22.4 Å². The Hall–Kier alpha value is -2.14. The summed E-state index contributed by atoms with van der Waals surface area (Å²) in [6, 6.07) is 8.67. The van der Waals surface area contributed by atoms with E-state index in [9.17, 15) is 14.3 Å². The van der Waals surface area contributed by atoms with E-state index in [0.29, 0.717) is 12.2 Å². The van der Waals surface area contributed by atoms with Crippen molar-refractivity contribution >= 4 is 29.1 Å². The first kappa shape index (κ1) is 14.3. The van der Waals surface area contributed by atoms with Crippen LogP contribution in [-0.4, -0.2) is 22.6 Å². The van der Waals surface area contributed by atoms with Gasteiger partial charge >= 0.3 is 5.97 Å². The van der Waals surface area contributed by atoms with Gasteiger partial charge in [0.05, 0.1) is 0 Å². The Balaban J connectivity index is 2.57. The molecule has 1 aromatic carbocycles. The Morgan fingerprint density at radius 1 is 1.40 bits per heavy atom. The van der Waals surface area contributed by atoms with Gasteiger partial charge in [-0.2, -0.15) is 0 Å². The van der Waals surface area contributed by atoms with Crippen molar-refractivity contribution in [3.05, 3.63) is 52.9 Å². The SMILES string of the molecule is CCN(c1cccc(F)c1)c1nc(Cl)ccc1C(=O)O. The topological polar surface area (TPSA) is 53.4 Å². The number of nitrogens with zero attached hydrogens (tertiary/aromatic N) is 2. The molecule has 1 aromatic heterocycles. The lowest BCUT2D eigenvalue weighted by atomic mass is 10.2. The third-order valence-electron chi connectivity index (χ3n) is 2.76. The average molecular weight is 295 g/mol. The second-order valence-corrected chi connectivity index (χ2v) is 4.42. The van der Waals surface area contributed by atoms with E-state index in [1.165, 1.54) is 24.3 Å². The normalized spacial score (nSPS) is 10.3. The Bertz CT molecular complexity index is 649. The van der Waals surface area contributed by atoms with Crippen molar-refractivity contribution in [2.75, 3.05) is 11.4 Å². The molecule has 0 aliphatic heterocycles. The number of pyridine rings is 1. The van der Waals surface area contributed by atoms with Crippen LogP contribution in [-0.2, 0) is 0 Å². The summed E-state index contributed by atoms with van der Waals surface area (Å²) < 4.78 is 13.3. The minimum Gasteiger partial charge on any atom is -0.478 e. The molecule has 20 heavy (non-hydrogen) atoms. The van der Waals surface area contributed by atoms with E-state index < -0.39 is 11.8 Å². The van der Waals surface area contributed by atoms with Crippen LogP contribution in [0.2, 0.25) is 5.15 Å². The molecule has 6 heteroatoms. The maximum absolute atomic E-state index is 13.3. The number of aromatic carboxylic acids is 1. The van der Waals surface area contributed by atoms with Gasteiger partial charge in [-0.3, -0.25) is 0 Å². The van der Waals surface area contributed by atoms with Crippen LogP contribution >= 0.6 is 11.6 Å². The Labute approximate surface area is 120 Å². The highest BCUT2D eigenvalue weighted by Crippen LogP contribution is 2.28. The lowest BCUT2D eigenvalue weighted by Gasteiger charge is -2.23. The summed E-state index contributed by atoms with van der Waals surface area (Å²) in [4.78, 5) is 16.9. The highest BCUT2D eigenvalue weighted by molar-refractivity contribution is 6.29. The van der Waals surface area contributed by atoms with Gasteiger partial charge in [0.15, 0.2) is 0 Å². The lowest BCUT2D eigenvalue weighted by Crippen LogP contribution is -2.20. The molecular weight excluding hydrogens is 283 g/mol. The van der Waals surface area contributed by atoms with Crippen molar-refractivity contribution in [1.82, 2.24) is 4.98 Å². The minimum absolute atomic E-state index is 0.0144. The number of rotatable bonds is 4. The largest absolute Gasteiger partial charge is 0.478 e. The second kappa shape index (κ2) is 5.88. The average Bonchev–Trinajstić information content (AvgIpc) is 2.39. The zero-order valence-electron chi connectivity index (χ0n) is 10.7. The molecule has 0 bridgehead atoms. The first-order valence-electron chi connectivity index (χ1n) is 5.96. The number of hydrogen-bond acceptors (Lipinski definition) is 3. The van der Waals surface area contributed by atoms with E-state index in [0.717, 1.165) is 0 Å². The first-order valence-corrected chi connectivity index (χ1v) is 6.33. The molecule has 0 aliphatic carbocycles. The molecule has 4 nitrogen and oxygen atoms in total. The quantitative estimate of drug-likeness (QED) is 0.873. The van der Waals surface area contributed by atoms with Crippen molar-refractivity contribution in [3.63, 3.8) is 0 Å². The van der Waals surface area contributed by atoms with Crippen LogP contribution in [0.3, 0.4) is 0 Å².